The van der Waals surface area contributed by atoms with E-state index in [4.69, 9.17) is 0 Å². The van der Waals surface area contributed by atoms with Gasteiger partial charge in [-0.15, -0.1) is 0 Å². The molecule has 1 aliphatic heterocycles. The molecule has 0 radical (unpaired) electrons. The van der Waals surface area contributed by atoms with E-state index in [0.717, 1.165) is 31.5 Å². The standard InChI is InChI=1S/C18H26N4O2S/c1-14-18(15(2)21-20-14)25(23,24)19-13-17(16-9-5-3-6-10-16)22-11-7-4-8-12-22/h3,5-6,9-10,17,19H,4,7-8,11-13H2,1-2H3,(H,20,21). The van der Waals surface area contributed by atoms with Gasteiger partial charge in [-0.2, -0.15) is 5.10 Å². The van der Waals surface area contributed by atoms with Gasteiger partial charge in [0.2, 0.25) is 10.0 Å². The summed E-state index contributed by atoms with van der Waals surface area (Å²) < 4.78 is 28.3. The maximum absolute atomic E-state index is 12.8. The summed E-state index contributed by atoms with van der Waals surface area (Å²) in [7, 11) is -3.59. The van der Waals surface area contributed by atoms with Gasteiger partial charge in [-0.3, -0.25) is 10.00 Å². The van der Waals surface area contributed by atoms with Crippen molar-refractivity contribution in [3.05, 3.63) is 47.3 Å². The van der Waals surface area contributed by atoms with Crippen molar-refractivity contribution in [2.24, 2.45) is 0 Å². The van der Waals surface area contributed by atoms with Crippen LogP contribution in [-0.2, 0) is 10.0 Å². The molecule has 7 heteroatoms. The molecule has 0 amide bonds. The van der Waals surface area contributed by atoms with Crippen molar-refractivity contribution < 1.29 is 8.42 Å². The molecule has 25 heavy (non-hydrogen) atoms. The number of benzene rings is 1. The molecule has 1 aliphatic rings. The smallest absolute Gasteiger partial charge is 0.244 e. The number of piperidine rings is 1. The largest absolute Gasteiger partial charge is 0.295 e. The van der Waals surface area contributed by atoms with Crippen LogP contribution in [0, 0.1) is 13.8 Å². The summed E-state index contributed by atoms with van der Waals surface area (Å²) in [6.07, 6.45) is 3.57. The molecular weight excluding hydrogens is 336 g/mol. The Morgan fingerprint density at radius 3 is 2.44 bits per heavy atom. The molecule has 1 saturated heterocycles. The minimum absolute atomic E-state index is 0.0452. The van der Waals surface area contributed by atoms with Gasteiger partial charge in [0.05, 0.1) is 11.4 Å². The second kappa shape index (κ2) is 7.68. The first-order valence-electron chi connectivity index (χ1n) is 8.79. The molecule has 1 unspecified atom stereocenters. The van der Waals surface area contributed by atoms with E-state index in [1.807, 2.05) is 18.2 Å². The zero-order valence-electron chi connectivity index (χ0n) is 14.8. The molecule has 0 aliphatic carbocycles. The molecule has 1 aromatic carbocycles. The number of sulfonamides is 1. The van der Waals surface area contributed by atoms with Gasteiger partial charge >= 0.3 is 0 Å². The predicted molar refractivity (Wildman–Crippen MR) is 97.9 cm³/mol. The van der Waals surface area contributed by atoms with E-state index in [1.165, 1.54) is 6.42 Å². The lowest BCUT2D eigenvalue weighted by Crippen LogP contribution is -2.40. The Kier molecular flexibility index (Phi) is 5.56. The summed E-state index contributed by atoms with van der Waals surface area (Å²) in [6, 6.07) is 10.2. The first kappa shape index (κ1) is 18.1. The number of likely N-dealkylation sites (tertiary alicyclic amines) is 1. The first-order chi connectivity index (χ1) is 12.0. The number of aromatic amines is 1. The van der Waals surface area contributed by atoms with Gasteiger partial charge in [-0.25, -0.2) is 13.1 Å². The minimum atomic E-state index is -3.59. The molecular formula is C18H26N4O2S. The monoisotopic (exact) mass is 362 g/mol. The van der Waals surface area contributed by atoms with Crippen molar-refractivity contribution in [2.45, 2.75) is 44.0 Å². The molecule has 6 nitrogen and oxygen atoms in total. The molecule has 0 saturated carbocycles. The Hall–Kier alpha value is -1.70. The summed E-state index contributed by atoms with van der Waals surface area (Å²) >= 11 is 0. The van der Waals surface area contributed by atoms with E-state index in [1.54, 1.807) is 13.8 Å². The quantitative estimate of drug-likeness (QED) is 0.828. The van der Waals surface area contributed by atoms with Gasteiger partial charge in [0.25, 0.3) is 0 Å². The lowest BCUT2D eigenvalue weighted by molar-refractivity contribution is 0.164. The molecule has 0 spiro atoms. The minimum Gasteiger partial charge on any atom is -0.295 e. The number of aromatic nitrogens is 2. The highest BCUT2D eigenvalue weighted by molar-refractivity contribution is 7.89. The van der Waals surface area contributed by atoms with Crippen LogP contribution in [0.15, 0.2) is 35.2 Å². The summed E-state index contributed by atoms with van der Waals surface area (Å²) in [5, 5.41) is 6.75. The Balaban J connectivity index is 1.81. The van der Waals surface area contributed by atoms with Crippen LogP contribution in [-0.4, -0.2) is 43.1 Å². The Morgan fingerprint density at radius 2 is 1.84 bits per heavy atom. The average Bonchev–Trinajstić information content (AvgIpc) is 2.96. The molecule has 2 heterocycles. The maximum Gasteiger partial charge on any atom is 0.244 e. The second-order valence-corrected chi connectivity index (χ2v) is 8.34. The topological polar surface area (TPSA) is 78.1 Å². The number of hydrogen-bond acceptors (Lipinski definition) is 4. The van der Waals surface area contributed by atoms with Crippen LogP contribution in [0.5, 0.6) is 0 Å². The van der Waals surface area contributed by atoms with Crippen molar-refractivity contribution in [3.8, 4) is 0 Å². The number of nitrogens with one attached hydrogen (secondary N) is 2. The normalized spacial score (nSPS) is 17.5. The summed E-state index contributed by atoms with van der Waals surface area (Å²) in [6.45, 7) is 5.80. The van der Waals surface area contributed by atoms with Crippen LogP contribution >= 0.6 is 0 Å². The molecule has 3 rings (SSSR count). The highest BCUT2D eigenvalue weighted by Gasteiger charge is 2.27. The van der Waals surface area contributed by atoms with Crippen LogP contribution in [0.4, 0.5) is 0 Å². The van der Waals surface area contributed by atoms with E-state index in [9.17, 15) is 8.42 Å². The third-order valence-electron chi connectivity index (χ3n) is 4.81. The fourth-order valence-electron chi connectivity index (χ4n) is 3.56. The van der Waals surface area contributed by atoms with Gasteiger partial charge < -0.3 is 0 Å². The Morgan fingerprint density at radius 1 is 1.16 bits per heavy atom. The number of H-pyrrole nitrogens is 1. The number of nitrogens with zero attached hydrogens (tertiary/aromatic N) is 2. The highest BCUT2D eigenvalue weighted by Crippen LogP contribution is 2.25. The Labute approximate surface area is 149 Å². The molecule has 1 fully saturated rings. The van der Waals surface area contributed by atoms with Crippen LogP contribution in [0.25, 0.3) is 0 Å². The van der Waals surface area contributed by atoms with Gasteiger partial charge in [0.1, 0.15) is 4.90 Å². The van der Waals surface area contributed by atoms with Gasteiger partial charge in [0.15, 0.2) is 0 Å². The van der Waals surface area contributed by atoms with Crippen molar-refractivity contribution in [2.75, 3.05) is 19.6 Å². The lowest BCUT2D eigenvalue weighted by atomic mass is 10.0. The number of rotatable bonds is 6. The van der Waals surface area contributed by atoms with E-state index < -0.39 is 10.0 Å². The van der Waals surface area contributed by atoms with Crippen molar-refractivity contribution in [3.63, 3.8) is 0 Å². The van der Waals surface area contributed by atoms with Crippen LogP contribution in [0.2, 0.25) is 0 Å². The zero-order valence-corrected chi connectivity index (χ0v) is 15.6. The van der Waals surface area contributed by atoms with E-state index in [0.29, 0.717) is 17.9 Å². The molecule has 136 valence electrons. The third kappa shape index (κ3) is 4.11. The van der Waals surface area contributed by atoms with Crippen LogP contribution in [0.3, 0.4) is 0 Å². The average molecular weight is 362 g/mol. The summed E-state index contributed by atoms with van der Waals surface area (Å²) in [5.74, 6) is 0. The van der Waals surface area contributed by atoms with E-state index in [2.05, 4.69) is 32.0 Å². The fourth-order valence-corrected chi connectivity index (χ4v) is 4.97. The first-order valence-corrected chi connectivity index (χ1v) is 10.3. The van der Waals surface area contributed by atoms with Crippen LogP contribution < -0.4 is 4.72 Å². The van der Waals surface area contributed by atoms with Crippen molar-refractivity contribution >= 4 is 10.0 Å². The molecule has 1 aromatic heterocycles. The summed E-state index contributed by atoms with van der Waals surface area (Å²) in [5.41, 5.74) is 2.21. The SMILES string of the molecule is Cc1n[nH]c(C)c1S(=O)(=O)NCC(c1ccccc1)N1CCCCC1. The third-order valence-corrected chi connectivity index (χ3v) is 6.50. The summed E-state index contributed by atoms with van der Waals surface area (Å²) in [4.78, 5) is 2.65. The molecule has 1 atom stereocenters. The number of hydrogen-bond donors (Lipinski definition) is 2. The van der Waals surface area contributed by atoms with Crippen molar-refractivity contribution in [1.82, 2.24) is 19.8 Å². The van der Waals surface area contributed by atoms with Crippen molar-refractivity contribution in [1.29, 1.82) is 0 Å². The van der Waals surface area contributed by atoms with E-state index >= 15 is 0 Å². The van der Waals surface area contributed by atoms with Gasteiger partial charge in [-0.05, 0) is 45.3 Å². The zero-order chi connectivity index (χ0) is 17.9. The lowest BCUT2D eigenvalue weighted by Gasteiger charge is -2.35. The Bertz CT molecular complexity index is 776. The molecule has 0 bridgehead atoms. The molecule has 2 N–H and O–H groups in total. The maximum atomic E-state index is 12.8. The van der Waals surface area contributed by atoms with E-state index in [-0.39, 0.29) is 10.9 Å². The van der Waals surface area contributed by atoms with Gasteiger partial charge in [-0.1, -0.05) is 36.8 Å². The fraction of sp³-hybridized carbons (Fsp3) is 0.500. The van der Waals surface area contributed by atoms with Crippen LogP contribution in [0.1, 0.15) is 42.3 Å². The molecule has 2 aromatic rings. The second-order valence-electron chi connectivity index (χ2n) is 6.64. The number of aryl methyl sites for hydroxylation is 2. The van der Waals surface area contributed by atoms with Gasteiger partial charge in [0, 0.05) is 12.6 Å². The highest BCUT2D eigenvalue weighted by atomic mass is 32.2. The predicted octanol–water partition coefficient (Wildman–Crippen LogP) is 2.53.